The molecule has 6 nitrogen and oxygen atoms in total. The molecule has 0 saturated carbocycles. The third-order valence-corrected chi connectivity index (χ3v) is 5.37. The fourth-order valence-electron chi connectivity index (χ4n) is 3.76. The summed E-state index contributed by atoms with van der Waals surface area (Å²) in [6.07, 6.45) is 3.42. The van der Waals surface area contributed by atoms with Gasteiger partial charge in [0.2, 0.25) is 0 Å². The number of anilines is 1. The molecule has 2 heterocycles. The molecule has 1 aliphatic heterocycles. The lowest BCUT2D eigenvalue weighted by atomic mass is 9.96. The van der Waals surface area contributed by atoms with E-state index >= 15 is 0 Å². The number of piperidine rings is 1. The summed E-state index contributed by atoms with van der Waals surface area (Å²) < 4.78 is 0. The monoisotopic (exact) mass is 400 g/mol. The van der Waals surface area contributed by atoms with Gasteiger partial charge in [-0.2, -0.15) is 0 Å². The number of carbonyl (C=O) groups excluding carboxylic acids is 2. The Bertz CT molecular complexity index is 1040. The maximum absolute atomic E-state index is 12.8. The van der Waals surface area contributed by atoms with E-state index in [2.05, 4.69) is 15.3 Å². The molecule has 1 saturated heterocycles. The normalized spacial score (nSPS) is 16.2. The van der Waals surface area contributed by atoms with Gasteiger partial charge in [-0.05, 0) is 44.0 Å². The van der Waals surface area contributed by atoms with E-state index in [9.17, 15) is 9.59 Å². The molecule has 1 aromatic heterocycles. The molecular formula is C24H24N4O2. The van der Waals surface area contributed by atoms with Crippen molar-refractivity contribution in [2.24, 2.45) is 0 Å². The van der Waals surface area contributed by atoms with E-state index in [1.54, 1.807) is 6.20 Å². The molecule has 6 heteroatoms. The van der Waals surface area contributed by atoms with E-state index in [1.165, 1.54) is 0 Å². The molecule has 3 aromatic rings. The van der Waals surface area contributed by atoms with Crippen LogP contribution in [0, 0.1) is 6.92 Å². The van der Waals surface area contributed by atoms with Crippen LogP contribution in [-0.4, -0.2) is 39.8 Å². The molecule has 0 radical (unpaired) electrons. The first-order valence-electron chi connectivity index (χ1n) is 10.2. The zero-order chi connectivity index (χ0) is 20.9. The predicted octanol–water partition coefficient (Wildman–Crippen LogP) is 4.06. The fourth-order valence-corrected chi connectivity index (χ4v) is 3.76. The molecule has 2 amide bonds. The van der Waals surface area contributed by atoms with Crippen LogP contribution in [0.3, 0.4) is 0 Å². The summed E-state index contributed by atoms with van der Waals surface area (Å²) in [4.78, 5) is 36.3. The van der Waals surface area contributed by atoms with Crippen LogP contribution in [0.5, 0.6) is 0 Å². The second-order valence-corrected chi connectivity index (χ2v) is 7.50. The molecule has 4 rings (SSSR count). The summed E-state index contributed by atoms with van der Waals surface area (Å²) in [5.74, 6) is 0.566. The van der Waals surface area contributed by atoms with Crippen LogP contribution < -0.4 is 5.32 Å². The molecule has 2 aromatic carbocycles. The number of nitrogens with zero attached hydrogens (tertiary/aromatic N) is 3. The molecular weight excluding hydrogens is 376 g/mol. The second-order valence-electron chi connectivity index (χ2n) is 7.50. The fraction of sp³-hybridized carbons (Fsp3) is 0.250. The molecule has 1 aliphatic rings. The first-order valence-corrected chi connectivity index (χ1v) is 10.2. The molecule has 0 bridgehead atoms. The number of hydrogen-bond acceptors (Lipinski definition) is 4. The summed E-state index contributed by atoms with van der Waals surface area (Å²) in [5, 5.41) is 2.87. The quantitative estimate of drug-likeness (QED) is 0.717. The predicted molar refractivity (Wildman–Crippen MR) is 115 cm³/mol. The SMILES string of the molecule is Cc1nc([C@@H]2CCCN(C(=O)c3ccccc3)C2)ncc1C(=O)Nc1ccccc1. The summed E-state index contributed by atoms with van der Waals surface area (Å²) in [6, 6.07) is 18.6. The number of amides is 2. The highest BCUT2D eigenvalue weighted by molar-refractivity contribution is 6.04. The maximum Gasteiger partial charge on any atom is 0.259 e. The number of para-hydroxylation sites is 1. The van der Waals surface area contributed by atoms with Gasteiger partial charge in [0.1, 0.15) is 5.82 Å². The van der Waals surface area contributed by atoms with Gasteiger partial charge in [0, 0.05) is 36.5 Å². The third kappa shape index (κ3) is 4.38. The van der Waals surface area contributed by atoms with Gasteiger partial charge in [0.15, 0.2) is 0 Å². The second kappa shape index (κ2) is 8.86. The number of rotatable bonds is 4. The third-order valence-electron chi connectivity index (χ3n) is 5.37. The lowest BCUT2D eigenvalue weighted by Crippen LogP contribution is -2.39. The summed E-state index contributed by atoms with van der Waals surface area (Å²) in [5.41, 5.74) is 2.52. The highest BCUT2D eigenvalue weighted by atomic mass is 16.2. The minimum absolute atomic E-state index is 0.0379. The maximum atomic E-state index is 12.8. The standard InChI is InChI=1S/C24H24N4O2/c1-17-21(23(29)27-20-12-6-3-7-13-20)15-25-22(26-17)19-11-8-14-28(16-19)24(30)18-9-4-2-5-10-18/h2-7,9-10,12-13,15,19H,8,11,14,16H2,1H3,(H,27,29)/t19-/m1/s1. The number of benzene rings is 2. The van der Waals surface area contributed by atoms with Crippen LogP contribution in [0.4, 0.5) is 5.69 Å². The molecule has 1 fully saturated rings. The molecule has 1 atom stereocenters. The zero-order valence-corrected chi connectivity index (χ0v) is 16.9. The van der Waals surface area contributed by atoms with Crippen LogP contribution >= 0.6 is 0 Å². The lowest BCUT2D eigenvalue weighted by Gasteiger charge is -2.32. The van der Waals surface area contributed by atoms with Crippen LogP contribution in [-0.2, 0) is 0 Å². The van der Waals surface area contributed by atoms with E-state index in [-0.39, 0.29) is 17.7 Å². The minimum atomic E-state index is -0.227. The number of likely N-dealkylation sites (tertiary alicyclic amines) is 1. The van der Waals surface area contributed by atoms with Gasteiger partial charge in [-0.1, -0.05) is 36.4 Å². The summed E-state index contributed by atoms with van der Waals surface area (Å²) >= 11 is 0. The number of aromatic nitrogens is 2. The largest absolute Gasteiger partial charge is 0.338 e. The van der Waals surface area contributed by atoms with Gasteiger partial charge in [-0.3, -0.25) is 9.59 Å². The number of nitrogens with one attached hydrogen (secondary N) is 1. The Kier molecular flexibility index (Phi) is 5.84. The molecule has 0 spiro atoms. The van der Waals surface area contributed by atoms with Gasteiger partial charge < -0.3 is 10.2 Å². The Balaban J connectivity index is 1.47. The van der Waals surface area contributed by atoms with Crippen molar-refractivity contribution in [3.63, 3.8) is 0 Å². The number of aryl methyl sites for hydroxylation is 1. The smallest absolute Gasteiger partial charge is 0.259 e. The van der Waals surface area contributed by atoms with Gasteiger partial charge in [-0.25, -0.2) is 9.97 Å². The molecule has 0 aliphatic carbocycles. The first kappa shape index (κ1) is 19.8. The van der Waals surface area contributed by atoms with E-state index in [4.69, 9.17) is 0 Å². The van der Waals surface area contributed by atoms with Crippen molar-refractivity contribution in [1.82, 2.24) is 14.9 Å². The lowest BCUT2D eigenvalue weighted by molar-refractivity contribution is 0.0704. The topological polar surface area (TPSA) is 75.2 Å². The Morgan fingerprint density at radius 3 is 2.43 bits per heavy atom. The molecule has 152 valence electrons. The van der Waals surface area contributed by atoms with Gasteiger partial charge >= 0.3 is 0 Å². The van der Waals surface area contributed by atoms with E-state index < -0.39 is 0 Å². The minimum Gasteiger partial charge on any atom is -0.338 e. The van der Waals surface area contributed by atoms with Crippen LogP contribution in [0.2, 0.25) is 0 Å². The van der Waals surface area contributed by atoms with E-state index in [0.29, 0.717) is 29.2 Å². The molecule has 30 heavy (non-hydrogen) atoms. The zero-order valence-electron chi connectivity index (χ0n) is 16.9. The van der Waals surface area contributed by atoms with Crippen molar-refractivity contribution in [3.8, 4) is 0 Å². The van der Waals surface area contributed by atoms with E-state index in [0.717, 1.165) is 25.1 Å². The number of carbonyl (C=O) groups is 2. The first-order chi connectivity index (χ1) is 14.6. The molecule has 1 N–H and O–H groups in total. The Hall–Kier alpha value is -3.54. The van der Waals surface area contributed by atoms with E-state index in [1.807, 2.05) is 72.5 Å². The average molecular weight is 400 g/mol. The highest BCUT2D eigenvalue weighted by Crippen LogP contribution is 2.26. The van der Waals surface area contributed by atoms with Crippen LogP contribution in [0.15, 0.2) is 66.9 Å². The van der Waals surface area contributed by atoms with Crippen molar-refractivity contribution in [1.29, 1.82) is 0 Å². The van der Waals surface area contributed by atoms with Crippen molar-refractivity contribution in [2.75, 3.05) is 18.4 Å². The van der Waals surface area contributed by atoms with Crippen molar-refractivity contribution in [3.05, 3.63) is 89.5 Å². The average Bonchev–Trinajstić information content (AvgIpc) is 2.80. The Labute approximate surface area is 176 Å². The van der Waals surface area contributed by atoms with Crippen molar-refractivity contribution < 1.29 is 9.59 Å². The molecule has 0 unspecified atom stereocenters. The van der Waals surface area contributed by atoms with Crippen molar-refractivity contribution in [2.45, 2.75) is 25.7 Å². The van der Waals surface area contributed by atoms with Gasteiger partial charge in [-0.15, -0.1) is 0 Å². The Morgan fingerprint density at radius 2 is 1.73 bits per heavy atom. The van der Waals surface area contributed by atoms with Crippen LogP contribution in [0.25, 0.3) is 0 Å². The van der Waals surface area contributed by atoms with Gasteiger partial charge in [0.05, 0.1) is 11.3 Å². The van der Waals surface area contributed by atoms with Crippen molar-refractivity contribution >= 4 is 17.5 Å². The summed E-state index contributed by atoms with van der Waals surface area (Å²) in [6.45, 7) is 3.14. The summed E-state index contributed by atoms with van der Waals surface area (Å²) in [7, 11) is 0. The Morgan fingerprint density at radius 1 is 1.03 bits per heavy atom. The van der Waals surface area contributed by atoms with Gasteiger partial charge in [0.25, 0.3) is 11.8 Å². The van der Waals surface area contributed by atoms with Crippen LogP contribution in [0.1, 0.15) is 51.0 Å². The number of hydrogen-bond donors (Lipinski definition) is 1. The highest BCUT2D eigenvalue weighted by Gasteiger charge is 2.27.